The van der Waals surface area contributed by atoms with Gasteiger partial charge in [-0.3, -0.25) is 4.90 Å². The highest BCUT2D eigenvalue weighted by molar-refractivity contribution is 5.98. The van der Waals surface area contributed by atoms with E-state index in [-0.39, 0.29) is 30.2 Å². The van der Waals surface area contributed by atoms with Gasteiger partial charge in [0.2, 0.25) is 0 Å². The number of ether oxygens (including phenoxy) is 2. The molecule has 1 saturated carbocycles. The van der Waals surface area contributed by atoms with Gasteiger partial charge in [-0.15, -0.1) is 0 Å². The number of aromatic nitrogens is 1. The molecule has 44 heavy (non-hydrogen) atoms. The largest absolute Gasteiger partial charge is 0.491 e. The molecule has 0 saturated heterocycles. The molecule has 8 nitrogen and oxygen atoms in total. The van der Waals surface area contributed by atoms with E-state index in [1.54, 1.807) is 17.0 Å². The normalized spacial score (nSPS) is 17.6. The van der Waals surface area contributed by atoms with E-state index in [2.05, 4.69) is 24.5 Å². The van der Waals surface area contributed by atoms with Crippen LogP contribution in [0.15, 0.2) is 42.5 Å². The fourth-order valence-corrected chi connectivity index (χ4v) is 6.81. The summed E-state index contributed by atoms with van der Waals surface area (Å²) in [6.45, 7) is 11.0. The summed E-state index contributed by atoms with van der Waals surface area (Å²) in [5.74, 6) is 0.140. The predicted molar refractivity (Wildman–Crippen MR) is 172 cm³/mol. The highest BCUT2D eigenvalue weighted by atomic mass is 16.6. The Labute approximate surface area is 261 Å². The number of fused-ring (bicyclic) bond motifs is 5. The summed E-state index contributed by atoms with van der Waals surface area (Å²) >= 11 is 0. The molecule has 1 atom stereocenters. The molecule has 5 rings (SSSR count). The number of carboxylic acid groups (broad SMARTS) is 1. The quantitative estimate of drug-likeness (QED) is 0.272. The summed E-state index contributed by atoms with van der Waals surface area (Å²) in [7, 11) is 0. The van der Waals surface area contributed by atoms with Crippen LogP contribution in [0.2, 0.25) is 0 Å². The third kappa shape index (κ3) is 6.90. The molecule has 0 radical (unpaired) electrons. The van der Waals surface area contributed by atoms with Gasteiger partial charge in [-0.1, -0.05) is 51.3 Å². The van der Waals surface area contributed by atoms with Gasteiger partial charge >= 0.3 is 12.1 Å². The third-order valence-electron chi connectivity index (χ3n) is 9.22. The molecule has 1 aliphatic heterocycles. The number of amides is 1. The molecule has 2 aliphatic rings. The van der Waals surface area contributed by atoms with Crippen LogP contribution >= 0.6 is 0 Å². The second kappa shape index (κ2) is 12.8. The lowest BCUT2D eigenvalue weighted by molar-refractivity contribution is 0.00534. The molecule has 0 bridgehead atoms. The molecule has 1 amide bonds. The molecule has 2 aromatic carbocycles. The molecule has 3 aromatic rings. The molecule has 2 heterocycles. The number of hydrogen-bond acceptors (Lipinski definition) is 5. The van der Waals surface area contributed by atoms with Crippen LogP contribution in [0, 0.1) is 5.41 Å². The van der Waals surface area contributed by atoms with Gasteiger partial charge in [-0.25, -0.2) is 9.59 Å². The van der Waals surface area contributed by atoms with Gasteiger partial charge < -0.3 is 24.3 Å². The van der Waals surface area contributed by atoms with Crippen molar-refractivity contribution in [2.24, 2.45) is 5.41 Å². The number of para-hydroxylation sites is 1. The van der Waals surface area contributed by atoms with Crippen molar-refractivity contribution in [2.75, 3.05) is 19.8 Å². The maximum absolute atomic E-state index is 13.9. The second-order valence-corrected chi connectivity index (χ2v) is 14.3. The van der Waals surface area contributed by atoms with Gasteiger partial charge in [0.25, 0.3) is 0 Å². The van der Waals surface area contributed by atoms with E-state index in [9.17, 15) is 19.8 Å². The topological polar surface area (TPSA) is 101 Å². The van der Waals surface area contributed by atoms with Gasteiger partial charge in [0.1, 0.15) is 18.0 Å². The van der Waals surface area contributed by atoms with E-state index in [0.29, 0.717) is 31.8 Å². The zero-order valence-electron chi connectivity index (χ0n) is 26.9. The first-order chi connectivity index (χ1) is 20.9. The van der Waals surface area contributed by atoms with Gasteiger partial charge in [0.05, 0.1) is 17.3 Å². The predicted octanol–water partition coefficient (Wildman–Crippen LogP) is 7.85. The van der Waals surface area contributed by atoms with Crippen molar-refractivity contribution in [3.05, 3.63) is 53.6 Å². The maximum Gasteiger partial charge on any atom is 0.410 e. The highest BCUT2D eigenvalue weighted by Crippen LogP contribution is 2.47. The first-order valence-electron chi connectivity index (χ1n) is 16.1. The van der Waals surface area contributed by atoms with Crippen molar-refractivity contribution in [1.82, 2.24) is 9.47 Å². The number of carbonyl (C=O) groups excluding carboxylic acids is 1. The summed E-state index contributed by atoms with van der Waals surface area (Å²) in [4.78, 5) is 27.8. The fourth-order valence-electron chi connectivity index (χ4n) is 6.81. The summed E-state index contributed by atoms with van der Waals surface area (Å²) in [6.07, 6.45) is 6.63. The molecule has 1 fully saturated rings. The molecular weight excluding hydrogens is 556 g/mol. The average molecular weight is 605 g/mol. The Morgan fingerprint density at radius 3 is 2.43 bits per heavy atom. The fraction of sp³-hybridized carbons (Fsp3) is 0.556. The number of benzene rings is 2. The highest BCUT2D eigenvalue weighted by Gasteiger charge is 2.35. The van der Waals surface area contributed by atoms with Crippen molar-refractivity contribution < 1.29 is 29.3 Å². The first-order valence-corrected chi connectivity index (χ1v) is 16.1. The Morgan fingerprint density at radius 1 is 1.02 bits per heavy atom. The average Bonchev–Trinajstić information content (AvgIpc) is 3.26. The number of rotatable bonds is 8. The lowest BCUT2D eigenvalue weighted by atomic mass is 9.81. The Hall–Kier alpha value is -3.52. The minimum absolute atomic E-state index is 0.0807. The molecule has 1 aliphatic carbocycles. The lowest BCUT2D eigenvalue weighted by Gasteiger charge is -2.37. The van der Waals surface area contributed by atoms with Crippen LogP contribution in [0.4, 0.5) is 4.79 Å². The van der Waals surface area contributed by atoms with Crippen molar-refractivity contribution in [3.63, 3.8) is 0 Å². The Balaban J connectivity index is 1.68. The van der Waals surface area contributed by atoms with Crippen molar-refractivity contribution in [1.29, 1.82) is 0 Å². The lowest BCUT2D eigenvalue weighted by Crippen LogP contribution is -2.49. The Morgan fingerprint density at radius 2 is 1.75 bits per heavy atom. The molecular formula is C36H48N2O6. The first kappa shape index (κ1) is 31.9. The summed E-state index contributed by atoms with van der Waals surface area (Å²) in [5.41, 5.74) is 3.55. The number of carboxylic acids is 1. The van der Waals surface area contributed by atoms with E-state index < -0.39 is 17.7 Å². The van der Waals surface area contributed by atoms with Crippen LogP contribution in [-0.2, 0) is 11.3 Å². The molecule has 1 aromatic heterocycles. The zero-order valence-corrected chi connectivity index (χ0v) is 26.9. The van der Waals surface area contributed by atoms with Crippen molar-refractivity contribution in [3.8, 4) is 17.0 Å². The van der Waals surface area contributed by atoms with Crippen molar-refractivity contribution >= 4 is 23.0 Å². The zero-order chi connectivity index (χ0) is 31.6. The van der Waals surface area contributed by atoms with Gasteiger partial charge in [0.15, 0.2) is 0 Å². The van der Waals surface area contributed by atoms with E-state index >= 15 is 0 Å². The minimum atomic E-state index is -0.964. The van der Waals surface area contributed by atoms with Gasteiger partial charge in [0, 0.05) is 36.2 Å². The monoisotopic (exact) mass is 604 g/mol. The number of aliphatic hydroxyl groups excluding tert-OH is 1. The van der Waals surface area contributed by atoms with Gasteiger partial charge in [-0.05, 0) is 87.6 Å². The SMILES string of the molecule is CC(C)(CCO)CCN(C(=O)OC(C)(C)C)[C@H]1COc2ccccc2-c2c(C3CCCCC3)c3ccc(C(=O)O)cc3n2C1. The smallest absolute Gasteiger partial charge is 0.410 e. The van der Waals surface area contributed by atoms with Crippen LogP contribution in [0.3, 0.4) is 0 Å². The van der Waals surface area contributed by atoms with Crippen molar-refractivity contribution in [2.45, 2.75) is 104 Å². The van der Waals surface area contributed by atoms with E-state index in [1.807, 2.05) is 45.0 Å². The second-order valence-electron chi connectivity index (χ2n) is 14.3. The standard InChI is InChI=1S/C36H48N2O6/c1-35(2,3)44-34(42)37(19-17-36(4,5)18-20-39)26-22-38-29-21-25(33(40)41)15-16-27(29)31(24-11-7-6-8-12-24)32(38)28-13-9-10-14-30(28)43-23-26/h9-10,13-16,21,24,26,39H,6-8,11-12,17-20,22-23H2,1-5H3,(H,40,41)/t26-/m1/s1. The Kier molecular flexibility index (Phi) is 9.30. The Bertz CT molecular complexity index is 1490. The van der Waals surface area contributed by atoms with E-state index in [4.69, 9.17) is 9.47 Å². The number of hydrogen-bond donors (Lipinski definition) is 2. The van der Waals surface area contributed by atoms with Crippen LogP contribution in [0.5, 0.6) is 5.75 Å². The molecule has 0 unspecified atom stereocenters. The maximum atomic E-state index is 13.9. The molecule has 2 N–H and O–H groups in total. The number of nitrogens with zero attached hydrogens (tertiary/aromatic N) is 2. The van der Waals surface area contributed by atoms with Crippen LogP contribution in [0.1, 0.15) is 101 Å². The third-order valence-corrected chi connectivity index (χ3v) is 9.22. The van der Waals surface area contributed by atoms with Gasteiger partial charge in [-0.2, -0.15) is 0 Å². The molecule has 238 valence electrons. The van der Waals surface area contributed by atoms with E-state index in [0.717, 1.165) is 40.8 Å². The summed E-state index contributed by atoms with van der Waals surface area (Å²) < 4.78 is 14.7. The minimum Gasteiger partial charge on any atom is -0.491 e. The summed E-state index contributed by atoms with van der Waals surface area (Å²) in [6, 6.07) is 13.1. The van der Waals surface area contributed by atoms with E-state index in [1.165, 1.54) is 24.8 Å². The number of carbonyl (C=O) groups is 2. The van der Waals surface area contributed by atoms with Crippen LogP contribution in [0.25, 0.3) is 22.2 Å². The number of aliphatic hydroxyl groups is 1. The number of aromatic carboxylic acids is 1. The molecule has 8 heteroatoms. The van der Waals surface area contributed by atoms with Crippen LogP contribution in [-0.4, -0.2) is 63.1 Å². The molecule has 0 spiro atoms. The summed E-state index contributed by atoms with van der Waals surface area (Å²) in [5, 5.41) is 20.7. The van der Waals surface area contributed by atoms with Crippen LogP contribution < -0.4 is 4.74 Å².